The molecular weight excluding hydrogens is 116 g/mol. The average Bonchev–Trinajstić information content (AvgIpc) is 1.90. The fourth-order valence-electron chi connectivity index (χ4n) is 0.595. The normalized spacial score (nSPS) is 9.44. The SMILES string of the molecule is [O-]c1ccc(CO)cc1. The van der Waals surface area contributed by atoms with Gasteiger partial charge in [-0.25, -0.2) is 0 Å². The highest BCUT2D eigenvalue weighted by Gasteiger charge is 1.83. The van der Waals surface area contributed by atoms with Crippen LogP contribution in [0.3, 0.4) is 0 Å². The van der Waals surface area contributed by atoms with Gasteiger partial charge in [-0.15, -0.1) is 5.75 Å². The molecule has 0 radical (unpaired) electrons. The van der Waals surface area contributed by atoms with Crippen molar-refractivity contribution in [2.75, 3.05) is 0 Å². The van der Waals surface area contributed by atoms with Crippen LogP contribution in [0.2, 0.25) is 0 Å². The molecule has 0 aliphatic heterocycles. The summed E-state index contributed by atoms with van der Waals surface area (Å²) in [5.41, 5.74) is 0.773. The summed E-state index contributed by atoms with van der Waals surface area (Å²) in [6.07, 6.45) is 0. The van der Waals surface area contributed by atoms with Gasteiger partial charge in [0.1, 0.15) is 0 Å². The number of benzene rings is 1. The van der Waals surface area contributed by atoms with Crippen molar-refractivity contribution in [1.82, 2.24) is 0 Å². The third kappa shape index (κ3) is 1.44. The van der Waals surface area contributed by atoms with Gasteiger partial charge in [0.2, 0.25) is 0 Å². The Hall–Kier alpha value is -1.02. The van der Waals surface area contributed by atoms with Crippen molar-refractivity contribution in [3.63, 3.8) is 0 Å². The van der Waals surface area contributed by atoms with Gasteiger partial charge in [0.05, 0.1) is 6.61 Å². The third-order valence-electron chi connectivity index (χ3n) is 1.11. The Balaban J connectivity index is 2.88. The van der Waals surface area contributed by atoms with E-state index in [0.717, 1.165) is 5.56 Å². The van der Waals surface area contributed by atoms with E-state index < -0.39 is 0 Å². The molecule has 0 saturated carbocycles. The molecule has 0 saturated heterocycles. The van der Waals surface area contributed by atoms with Gasteiger partial charge in [0, 0.05) is 0 Å². The molecular formula is C7H7O2-. The molecule has 48 valence electrons. The Morgan fingerprint density at radius 2 is 1.78 bits per heavy atom. The standard InChI is InChI=1S/C7H8O2/c8-5-6-1-3-7(9)4-2-6/h1-4,8-9H,5H2/p-1. The maximum atomic E-state index is 10.5. The minimum atomic E-state index is -0.0211. The highest BCUT2D eigenvalue weighted by Crippen LogP contribution is 2.05. The number of aliphatic hydroxyl groups is 1. The molecule has 0 aliphatic rings. The molecule has 0 unspecified atom stereocenters. The lowest BCUT2D eigenvalue weighted by Gasteiger charge is -2.03. The molecule has 0 heterocycles. The first kappa shape index (κ1) is 6.11. The molecule has 0 bridgehead atoms. The van der Waals surface area contributed by atoms with E-state index in [-0.39, 0.29) is 12.4 Å². The Morgan fingerprint density at radius 3 is 2.22 bits per heavy atom. The van der Waals surface area contributed by atoms with Crippen LogP contribution >= 0.6 is 0 Å². The van der Waals surface area contributed by atoms with Gasteiger partial charge in [0.15, 0.2) is 0 Å². The molecule has 9 heavy (non-hydrogen) atoms. The number of hydrogen-bond acceptors (Lipinski definition) is 2. The first-order valence-electron chi connectivity index (χ1n) is 2.70. The van der Waals surface area contributed by atoms with Crippen molar-refractivity contribution in [3.8, 4) is 5.75 Å². The lowest BCUT2D eigenvalue weighted by Crippen LogP contribution is -1.89. The second-order valence-corrected chi connectivity index (χ2v) is 1.80. The summed E-state index contributed by atoms with van der Waals surface area (Å²) in [6.45, 7) is 0.000278. The van der Waals surface area contributed by atoms with E-state index in [1.54, 1.807) is 12.1 Å². The molecule has 2 nitrogen and oxygen atoms in total. The van der Waals surface area contributed by atoms with E-state index in [0.29, 0.717) is 0 Å². The van der Waals surface area contributed by atoms with Gasteiger partial charge in [-0.3, -0.25) is 0 Å². The zero-order chi connectivity index (χ0) is 6.69. The van der Waals surface area contributed by atoms with Gasteiger partial charge in [-0.2, -0.15) is 0 Å². The van der Waals surface area contributed by atoms with Gasteiger partial charge in [-0.05, 0) is 5.56 Å². The average molecular weight is 123 g/mol. The van der Waals surface area contributed by atoms with Gasteiger partial charge in [0.25, 0.3) is 0 Å². The topological polar surface area (TPSA) is 43.3 Å². The van der Waals surface area contributed by atoms with Crippen molar-refractivity contribution in [2.24, 2.45) is 0 Å². The molecule has 0 atom stereocenters. The summed E-state index contributed by atoms with van der Waals surface area (Å²) in [6, 6.07) is 6.10. The highest BCUT2D eigenvalue weighted by atomic mass is 16.3. The minimum absolute atomic E-state index is 0.000278. The van der Waals surface area contributed by atoms with Crippen molar-refractivity contribution < 1.29 is 10.2 Å². The molecule has 0 fully saturated rings. The molecule has 1 N–H and O–H groups in total. The van der Waals surface area contributed by atoms with Crippen LogP contribution in [-0.2, 0) is 6.61 Å². The fourth-order valence-corrected chi connectivity index (χ4v) is 0.595. The van der Waals surface area contributed by atoms with Crippen molar-refractivity contribution in [3.05, 3.63) is 29.8 Å². The Morgan fingerprint density at radius 1 is 1.22 bits per heavy atom. The summed E-state index contributed by atoms with van der Waals surface area (Å²) >= 11 is 0. The van der Waals surface area contributed by atoms with E-state index in [1.807, 2.05) is 0 Å². The summed E-state index contributed by atoms with van der Waals surface area (Å²) in [4.78, 5) is 0. The fraction of sp³-hybridized carbons (Fsp3) is 0.143. The maximum Gasteiger partial charge on any atom is 0.0681 e. The predicted octanol–water partition coefficient (Wildman–Crippen LogP) is 0.253. The molecule has 1 aromatic carbocycles. The second-order valence-electron chi connectivity index (χ2n) is 1.80. The molecule has 0 spiro atoms. The first-order valence-corrected chi connectivity index (χ1v) is 2.70. The van der Waals surface area contributed by atoms with Crippen LogP contribution in [0.25, 0.3) is 0 Å². The van der Waals surface area contributed by atoms with Crippen LogP contribution in [-0.4, -0.2) is 5.11 Å². The van der Waals surface area contributed by atoms with Gasteiger partial charge < -0.3 is 10.2 Å². The van der Waals surface area contributed by atoms with E-state index in [2.05, 4.69) is 0 Å². The Bertz CT molecular complexity index is 179. The monoisotopic (exact) mass is 123 g/mol. The summed E-state index contributed by atoms with van der Waals surface area (Å²) in [5, 5.41) is 19.0. The van der Waals surface area contributed by atoms with Crippen LogP contribution < -0.4 is 5.11 Å². The van der Waals surface area contributed by atoms with Crippen LogP contribution in [0.4, 0.5) is 0 Å². The minimum Gasteiger partial charge on any atom is -0.872 e. The second kappa shape index (κ2) is 2.51. The van der Waals surface area contributed by atoms with Crippen molar-refractivity contribution >= 4 is 0 Å². The summed E-state index contributed by atoms with van der Waals surface area (Å²) < 4.78 is 0. The van der Waals surface area contributed by atoms with Crippen LogP contribution in [0, 0.1) is 0 Å². The van der Waals surface area contributed by atoms with Gasteiger partial charge >= 0.3 is 0 Å². The number of rotatable bonds is 1. The van der Waals surface area contributed by atoms with Crippen molar-refractivity contribution in [1.29, 1.82) is 0 Å². The number of hydrogen-bond donors (Lipinski definition) is 1. The van der Waals surface area contributed by atoms with E-state index in [9.17, 15) is 5.11 Å². The molecule has 0 aromatic heterocycles. The molecule has 2 heteroatoms. The van der Waals surface area contributed by atoms with Crippen LogP contribution in [0.5, 0.6) is 5.75 Å². The van der Waals surface area contributed by atoms with Gasteiger partial charge in [-0.1, -0.05) is 24.3 Å². The lowest BCUT2D eigenvalue weighted by molar-refractivity contribution is -0.268. The smallest absolute Gasteiger partial charge is 0.0681 e. The zero-order valence-corrected chi connectivity index (χ0v) is 4.87. The largest absolute Gasteiger partial charge is 0.872 e. The molecule has 1 aromatic rings. The Labute approximate surface area is 53.4 Å². The maximum absolute atomic E-state index is 10.5. The van der Waals surface area contributed by atoms with E-state index in [1.165, 1.54) is 12.1 Å². The molecule has 0 amide bonds. The van der Waals surface area contributed by atoms with E-state index >= 15 is 0 Å². The van der Waals surface area contributed by atoms with Crippen LogP contribution in [0.15, 0.2) is 24.3 Å². The van der Waals surface area contributed by atoms with Crippen molar-refractivity contribution in [2.45, 2.75) is 6.61 Å². The first-order chi connectivity index (χ1) is 4.33. The zero-order valence-electron chi connectivity index (χ0n) is 4.87. The molecule has 1 rings (SSSR count). The lowest BCUT2D eigenvalue weighted by atomic mass is 10.2. The highest BCUT2D eigenvalue weighted by molar-refractivity contribution is 5.24. The third-order valence-corrected chi connectivity index (χ3v) is 1.11. The molecule has 0 aliphatic carbocycles. The van der Waals surface area contributed by atoms with E-state index in [4.69, 9.17) is 5.11 Å². The number of aliphatic hydroxyl groups excluding tert-OH is 1. The summed E-state index contributed by atoms with van der Waals surface area (Å²) in [5.74, 6) is -0.0211. The van der Waals surface area contributed by atoms with Crippen LogP contribution in [0.1, 0.15) is 5.56 Å². The summed E-state index contributed by atoms with van der Waals surface area (Å²) in [7, 11) is 0. The Kier molecular flexibility index (Phi) is 1.70. The quantitative estimate of drug-likeness (QED) is 0.581. The predicted molar refractivity (Wildman–Crippen MR) is 31.8 cm³/mol.